The summed E-state index contributed by atoms with van der Waals surface area (Å²) in [6.07, 6.45) is 3.88. The molecule has 5 nitrogen and oxygen atoms in total. The molecule has 1 atom stereocenters. The molecule has 24 heavy (non-hydrogen) atoms. The number of rotatable bonds is 5. The number of H-pyrrole nitrogens is 1. The van der Waals surface area contributed by atoms with Gasteiger partial charge in [-0.1, -0.05) is 31.5 Å². The van der Waals surface area contributed by atoms with Crippen LogP contribution >= 0.6 is 0 Å². The van der Waals surface area contributed by atoms with Crippen LogP contribution in [0.2, 0.25) is 0 Å². The van der Waals surface area contributed by atoms with E-state index in [0.717, 1.165) is 25.0 Å². The number of nitrogens with one attached hydrogen (secondary N) is 2. The molecular formula is C19H25N3O2. The molecular weight excluding hydrogens is 302 g/mol. The normalized spacial score (nSPS) is 16.9. The second-order valence-electron chi connectivity index (χ2n) is 6.77. The largest absolute Gasteiger partial charge is 0.352 e. The average Bonchev–Trinajstić information content (AvgIpc) is 2.59. The van der Waals surface area contributed by atoms with E-state index >= 15 is 0 Å². The lowest BCUT2D eigenvalue weighted by atomic mass is 10.1. The number of pyridine rings is 1. The molecule has 1 aliphatic heterocycles. The summed E-state index contributed by atoms with van der Waals surface area (Å²) in [5, 5.41) is 3.77. The smallest absolute Gasteiger partial charge is 0.252 e. The number of hydrogen-bond acceptors (Lipinski definition) is 3. The van der Waals surface area contributed by atoms with E-state index in [1.54, 1.807) is 0 Å². The molecule has 0 bridgehead atoms. The number of amides is 1. The summed E-state index contributed by atoms with van der Waals surface area (Å²) in [4.78, 5) is 29.5. The number of para-hydroxylation sites is 1. The molecule has 1 saturated heterocycles. The number of carbonyl (C=O) groups excluding carboxylic acids is 1. The summed E-state index contributed by atoms with van der Waals surface area (Å²) >= 11 is 0. The van der Waals surface area contributed by atoms with Crippen molar-refractivity contribution in [2.24, 2.45) is 5.92 Å². The van der Waals surface area contributed by atoms with Gasteiger partial charge in [0.05, 0.1) is 5.56 Å². The number of likely N-dealkylation sites (tertiary alicyclic amines) is 1. The lowest BCUT2D eigenvalue weighted by molar-refractivity contribution is 0.0944. The van der Waals surface area contributed by atoms with E-state index in [1.165, 1.54) is 25.3 Å². The van der Waals surface area contributed by atoms with E-state index in [1.807, 2.05) is 24.3 Å². The molecule has 0 spiro atoms. The van der Waals surface area contributed by atoms with Crippen LogP contribution in [0.1, 0.15) is 36.5 Å². The first-order valence-electron chi connectivity index (χ1n) is 8.76. The maximum Gasteiger partial charge on any atom is 0.252 e. The molecule has 2 N–H and O–H groups in total. The van der Waals surface area contributed by atoms with Gasteiger partial charge in [0.1, 0.15) is 0 Å². The van der Waals surface area contributed by atoms with Crippen molar-refractivity contribution >= 4 is 16.8 Å². The summed E-state index contributed by atoms with van der Waals surface area (Å²) in [5.41, 5.74) is 0.885. The molecule has 1 aromatic heterocycles. The summed E-state index contributed by atoms with van der Waals surface area (Å²) in [6.45, 7) is 6.12. The van der Waals surface area contributed by atoms with Crippen LogP contribution in [0.3, 0.4) is 0 Å². The molecule has 1 amide bonds. The summed E-state index contributed by atoms with van der Waals surface area (Å²) in [7, 11) is 0. The Morgan fingerprint density at radius 2 is 2.00 bits per heavy atom. The number of aromatic nitrogens is 1. The van der Waals surface area contributed by atoms with Crippen LogP contribution in [0.15, 0.2) is 35.1 Å². The van der Waals surface area contributed by atoms with Crippen LogP contribution in [-0.4, -0.2) is 42.0 Å². The van der Waals surface area contributed by atoms with Gasteiger partial charge in [0.25, 0.3) is 5.91 Å². The van der Waals surface area contributed by atoms with Gasteiger partial charge in [0.2, 0.25) is 5.56 Å². The highest BCUT2D eigenvalue weighted by atomic mass is 16.2. The Bertz CT molecular complexity index is 763. The highest BCUT2D eigenvalue weighted by molar-refractivity contribution is 6.05. The second-order valence-corrected chi connectivity index (χ2v) is 6.77. The van der Waals surface area contributed by atoms with E-state index in [-0.39, 0.29) is 11.5 Å². The van der Waals surface area contributed by atoms with Crippen LogP contribution < -0.4 is 10.9 Å². The molecule has 1 aromatic carbocycles. The Balaban J connectivity index is 1.63. The Kier molecular flexibility index (Phi) is 5.30. The molecule has 1 fully saturated rings. The lowest BCUT2D eigenvalue weighted by Gasteiger charge is -2.29. The van der Waals surface area contributed by atoms with Gasteiger partial charge >= 0.3 is 0 Å². The zero-order chi connectivity index (χ0) is 16.9. The fraction of sp³-hybridized carbons (Fsp3) is 0.474. The maximum absolute atomic E-state index is 12.5. The van der Waals surface area contributed by atoms with Crippen LogP contribution in [0.5, 0.6) is 0 Å². The third kappa shape index (κ3) is 4.03. The molecule has 0 saturated carbocycles. The number of aromatic amines is 1. The van der Waals surface area contributed by atoms with Crippen LogP contribution in [0, 0.1) is 5.92 Å². The van der Waals surface area contributed by atoms with Crippen molar-refractivity contribution in [2.45, 2.75) is 26.2 Å². The first kappa shape index (κ1) is 16.7. The van der Waals surface area contributed by atoms with Gasteiger partial charge in [-0.15, -0.1) is 0 Å². The van der Waals surface area contributed by atoms with Gasteiger partial charge in [-0.2, -0.15) is 0 Å². The van der Waals surface area contributed by atoms with Crippen LogP contribution in [-0.2, 0) is 0 Å². The van der Waals surface area contributed by atoms with Crippen molar-refractivity contribution in [3.05, 3.63) is 46.2 Å². The zero-order valence-corrected chi connectivity index (χ0v) is 14.2. The van der Waals surface area contributed by atoms with Gasteiger partial charge in [0.15, 0.2) is 0 Å². The SMILES string of the molecule is CC(CNC(=O)c1cc(=O)[nH]c2ccccc12)CN1CCCCC1. The lowest BCUT2D eigenvalue weighted by Crippen LogP contribution is -2.38. The zero-order valence-electron chi connectivity index (χ0n) is 14.2. The molecule has 5 heteroatoms. The highest BCUT2D eigenvalue weighted by Gasteiger charge is 2.16. The Morgan fingerprint density at radius 1 is 1.25 bits per heavy atom. The minimum atomic E-state index is -0.250. The highest BCUT2D eigenvalue weighted by Crippen LogP contribution is 2.15. The molecule has 128 valence electrons. The number of nitrogens with zero attached hydrogens (tertiary/aromatic N) is 1. The average molecular weight is 327 g/mol. The maximum atomic E-state index is 12.5. The van der Waals surface area contributed by atoms with E-state index in [2.05, 4.69) is 22.1 Å². The van der Waals surface area contributed by atoms with Gasteiger partial charge in [0, 0.05) is 30.1 Å². The molecule has 1 unspecified atom stereocenters. The Labute approximate surface area is 142 Å². The predicted octanol–water partition coefficient (Wildman–Crippen LogP) is 2.38. The first-order valence-corrected chi connectivity index (χ1v) is 8.76. The minimum Gasteiger partial charge on any atom is -0.352 e. The van der Waals surface area contributed by atoms with E-state index < -0.39 is 0 Å². The molecule has 2 aromatic rings. The number of fused-ring (bicyclic) bond motifs is 1. The topological polar surface area (TPSA) is 65.2 Å². The van der Waals surface area contributed by atoms with Crippen molar-refractivity contribution in [3.63, 3.8) is 0 Å². The van der Waals surface area contributed by atoms with Crippen molar-refractivity contribution in [1.82, 2.24) is 15.2 Å². The fourth-order valence-electron chi connectivity index (χ4n) is 3.40. The summed E-state index contributed by atoms with van der Waals surface area (Å²) in [6, 6.07) is 8.77. The quantitative estimate of drug-likeness (QED) is 0.886. The molecule has 2 heterocycles. The van der Waals surface area contributed by atoms with Crippen molar-refractivity contribution in [1.29, 1.82) is 0 Å². The van der Waals surface area contributed by atoms with Crippen molar-refractivity contribution in [2.75, 3.05) is 26.2 Å². The minimum absolute atomic E-state index is 0.178. The van der Waals surface area contributed by atoms with E-state index in [9.17, 15) is 9.59 Å². The van der Waals surface area contributed by atoms with Crippen molar-refractivity contribution < 1.29 is 4.79 Å². The predicted molar refractivity (Wildman–Crippen MR) is 96.4 cm³/mol. The summed E-state index contributed by atoms with van der Waals surface area (Å²) < 4.78 is 0. The van der Waals surface area contributed by atoms with E-state index in [0.29, 0.717) is 23.5 Å². The van der Waals surface area contributed by atoms with Gasteiger partial charge in [-0.05, 0) is 37.9 Å². The Morgan fingerprint density at radius 3 is 2.79 bits per heavy atom. The summed E-state index contributed by atoms with van der Waals surface area (Å²) in [5.74, 6) is 0.211. The molecule has 0 aliphatic carbocycles. The first-order chi connectivity index (χ1) is 11.6. The van der Waals surface area contributed by atoms with Gasteiger partial charge in [-0.25, -0.2) is 0 Å². The standard InChI is InChI=1S/C19H25N3O2/c1-14(13-22-9-5-2-6-10-22)12-20-19(24)16-11-18(23)21-17-8-4-3-7-15(16)17/h3-4,7-8,11,14H,2,5-6,9-10,12-13H2,1H3,(H,20,24)(H,21,23). The Hall–Kier alpha value is -2.14. The van der Waals surface area contributed by atoms with Crippen LogP contribution in [0.25, 0.3) is 10.9 Å². The number of benzene rings is 1. The van der Waals surface area contributed by atoms with E-state index in [4.69, 9.17) is 0 Å². The number of hydrogen-bond donors (Lipinski definition) is 2. The third-order valence-corrected chi connectivity index (χ3v) is 4.62. The van der Waals surface area contributed by atoms with Gasteiger partial charge in [-0.3, -0.25) is 9.59 Å². The number of piperidine rings is 1. The van der Waals surface area contributed by atoms with Crippen molar-refractivity contribution in [3.8, 4) is 0 Å². The van der Waals surface area contributed by atoms with Crippen LogP contribution in [0.4, 0.5) is 0 Å². The number of carbonyl (C=O) groups is 1. The molecule has 3 rings (SSSR count). The monoisotopic (exact) mass is 327 g/mol. The fourth-order valence-corrected chi connectivity index (χ4v) is 3.40. The molecule has 0 radical (unpaired) electrons. The third-order valence-electron chi connectivity index (χ3n) is 4.62. The second kappa shape index (κ2) is 7.62. The van der Waals surface area contributed by atoms with Gasteiger partial charge < -0.3 is 15.2 Å². The molecule has 1 aliphatic rings.